The van der Waals surface area contributed by atoms with Crippen LogP contribution in [0.2, 0.25) is 0 Å². The van der Waals surface area contributed by atoms with E-state index in [9.17, 15) is 0 Å². The molecule has 2 heterocycles. The minimum absolute atomic E-state index is 0.0724. The predicted octanol–water partition coefficient (Wildman–Crippen LogP) is 2.95. The Morgan fingerprint density at radius 1 is 1.33 bits per heavy atom. The summed E-state index contributed by atoms with van der Waals surface area (Å²) < 4.78 is 11.0. The zero-order chi connectivity index (χ0) is 13.0. The van der Waals surface area contributed by atoms with Crippen LogP contribution in [0.4, 0.5) is 0 Å². The van der Waals surface area contributed by atoms with Crippen molar-refractivity contribution in [2.75, 3.05) is 6.54 Å². The van der Waals surface area contributed by atoms with Gasteiger partial charge in [-0.25, -0.2) is 0 Å². The normalized spacial score (nSPS) is 12.8. The number of furan rings is 1. The van der Waals surface area contributed by atoms with E-state index in [1.54, 1.807) is 6.26 Å². The highest BCUT2D eigenvalue weighted by molar-refractivity contribution is 5.54. The summed E-state index contributed by atoms with van der Waals surface area (Å²) in [4.78, 5) is 0. The van der Waals surface area contributed by atoms with Crippen LogP contribution in [0.25, 0.3) is 11.5 Å². The van der Waals surface area contributed by atoms with E-state index in [2.05, 4.69) is 22.4 Å². The Balaban J connectivity index is 2.15. The summed E-state index contributed by atoms with van der Waals surface area (Å²) in [5.41, 5.74) is 0.888. The number of hydrogen-bond donors (Lipinski definition) is 1. The Kier molecular flexibility index (Phi) is 4.15. The molecule has 18 heavy (non-hydrogen) atoms. The second kappa shape index (κ2) is 5.82. The maximum atomic E-state index is 5.68. The molecule has 0 aliphatic heterocycles. The van der Waals surface area contributed by atoms with Crippen LogP contribution in [0.5, 0.6) is 0 Å². The van der Waals surface area contributed by atoms with Crippen LogP contribution >= 0.6 is 0 Å². The van der Waals surface area contributed by atoms with Gasteiger partial charge in [-0.05, 0) is 26.0 Å². The average molecular weight is 249 g/mol. The monoisotopic (exact) mass is 249 g/mol. The number of nitrogens with one attached hydrogen (secondary N) is 1. The molecule has 0 aliphatic rings. The number of aryl methyl sites for hydroxylation is 1. The van der Waals surface area contributed by atoms with Gasteiger partial charge in [-0.2, -0.15) is 0 Å². The van der Waals surface area contributed by atoms with Crippen LogP contribution in [0.1, 0.15) is 44.9 Å². The van der Waals surface area contributed by atoms with E-state index in [1.807, 2.05) is 19.9 Å². The zero-order valence-corrected chi connectivity index (χ0v) is 11.1. The van der Waals surface area contributed by atoms with Crippen LogP contribution in [-0.2, 0) is 6.42 Å². The third-order valence-corrected chi connectivity index (χ3v) is 2.81. The van der Waals surface area contributed by atoms with Gasteiger partial charge < -0.3 is 14.2 Å². The largest absolute Gasteiger partial charge is 0.469 e. The predicted molar refractivity (Wildman–Crippen MR) is 68.1 cm³/mol. The molecule has 0 saturated carbocycles. The third-order valence-electron chi connectivity index (χ3n) is 2.81. The highest BCUT2D eigenvalue weighted by Crippen LogP contribution is 2.25. The van der Waals surface area contributed by atoms with Gasteiger partial charge in [0.15, 0.2) is 0 Å². The van der Waals surface area contributed by atoms with E-state index in [0.29, 0.717) is 11.8 Å². The summed E-state index contributed by atoms with van der Waals surface area (Å²) in [6.07, 6.45) is 3.54. The number of aromatic nitrogens is 2. The maximum absolute atomic E-state index is 5.68. The van der Waals surface area contributed by atoms with E-state index in [0.717, 1.165) is 30.7 Å². The van der Waals surface area contributed by atoms with E-state index >= 15 is 0 Å². The molecule has 0 aliphatic carbocycles. The summed E-state index contributed by atoms with van der Waals surface area (Å²) in [6.45, 7) is 7.11. The number of nitrogens with zero attached hydrogens (tertiary/aromatic N) is 2. The molecule has 0 radical (unpaired) electrons. The van der Waals surface area contributed by atoms with Crippen LogP contribution in [0.3, 0.4) is 0 Å². The maximum Gasteiger partial charge on any atom is 0.251 e. The van der Waals surface area contributed by atoms with Gasteiger partial charge in [0.05, 0.1) is 17.9 Å². The molecule has 0 amide bonds. The quantitative estimate of drug-likeness (QED) is 0.852. The van der Waals surface area contributed by atoms with E-state index in [1.165, 1.54) is 0 Å². The molecular weight excluding hydrogens is 230 g/mol. The van der Waals surface area contributed by atoms with Crippen molar-refractivity contribution in [1.82, 2.24) is 15.5 Å². The smallest absolute Gasteiger partial charge is 0.251 e. The Morgan fingerprint density at radius 2 is 2.17 bits per heavy atom. The lowest BCUT2D eigenvalue weighted by Gasteiger charge is -2.07. The van der Waals surface area contributed by atoms with Crippen LogP contribution in [0, 0.1) is 0 Å². The minimum Gasteiger partial charge on any atom is -0.469 e. The van der Waals surface area contributed by atoms with Crippen LogP contribution < -0.4 is 5.32 Å². The van der Waals surface area contributed by atoms with Gasteiger partial charge in [0, 0.05) is 6.42 Å². The van der Waals surface area contributed by atoms with Crippen molar-refractivity contribution in [3.05, 3.63) is 24.0 Å². The summed E-state index contributed by atoms with van der Waals surface area (Å²) in [5, 5.41) is 11.5. The lowest BCUT2D eigenvalue weighted by atomic mass is 10.2. The highest BCUT2D eigenvalue weighted by atomic mass is 16.4. The fourth-order valence-electron chi connectivity index (χ4n) is 1.77. The molecule has 98 valence electrons. The highest BCUT2D eigenvalue weighted by Gasteiger charge is 2.17. The summed E-state index contributed by atoms with van der Waals surface area (Å²) in [6, 6.07) is 1.93. The minimum atomic E-state index is 0.0724. The van der Waals surface area contributed by atoms with E-state index < -0.39 is 0 Å². The standard InChI is InChI=1S/C13H19N3O2/c1-4-7-14-9(3)12-15-16-13(18-12)10-6-8-17-11(10)5-2/h6,8-9,14H,4-5,7H2,1-3H3. The molecule has 0 aromatic carbocycles. The molecule has 5 heteroatoms. The van der Waals surface area contributed by atoms with Crippen molar-refractivity contribution in [3.8, 4) is 11.5 Å². The third kappa shape index (κ3) is 2.61. The second-order valence-corrected chi connectivity index (χ2v) is 4.23. The van der Waals surface area contributed by atoms with Crippen molar-refractivity contribution in [2.24, 2.45) is 0 Å². The van der Waals surface area contributed by atoms with Gasteiger partial charge in [-0.15, -0.1) is 10.2 Å². The summed E-state index contributed by atoms with van der Waals surface area (Å²) in [5.74, 6) is 2.02. The number of rotatable bonds is 6. The molecule has 0 bridgehead atoms. The first-order valence-electron chi connectivity index (χ1n) is 6.39. The van der Waals surface area contributed by atoms with Crippen LogP contribution in [-0.4, -0.2) is 16.7 Å². The van der Waals surface area contributed by atoms with Gasteiger partial charge in [-0.3, -0.25) is 0 Å². The second-order valence-electron chi connectivity index (χ2n) is 4.23. The zero-order valence-electron chi connectivity index (χ0n) is 11.1. The van der Waals surface area contributed by atoms with Crippen molar-refractivity contribution >= 4 is 0 Å². The fraction of sp³-hybridized carbons (Fsp3) is 0.538. The lowest BCUT2D eigenvalue weighted by molar-refractivity contribution is 0.422. The van der Waals surface area contributed by atoms with Gasteiger partial charge in [-0.1, -0.05) is 13.8 Å². The molecule has 5 nitrogen and oxygen atoms in total. The van der Waals surface area contributed by atoms with Crippen molar-refractivity contribution in [2.45, 2.75) is 39.7 Å². The number of hydrogen-bond acceptors (Lipinski definition) is 5. The van der Waals surface area contributed by atoms with Gasteiger partial charge in [0.1, 0.15) is 5.76 Å². The Hall–Kier alpha value is -1.62. The molecule has 2 aromatic rings. The first-order chi connectivity index (χ1) is 8.76. The lowest BCUT2D eigenvalue weighted by Crippen LogP contribution is -2.19. The van der Waals surface area contributed by atoms with Gasteiger partial charge in [0.25, 0.3) is 5.89 Å². The fourth-order valence-corrected chi connectivity index (χ4v) is 1.77. The molecule has 1 N–H and O–H groups in total. The molecule has 1 unspecified atom stereocenters. The Morgan fingerprint density at radius 3 is 2.89 bits per heavy atom. The van der Waals surface area contributed by atoms with Gasteiger partial charge >= 0.3 is 0 Å². The molecule has 2 rings (SSSR count). The summed E-state index contributed by atoms with van der Waals surface area (Å²) >= 11 is 0. The van der Waals surface area contributed by atoms with Gasteiger partial charge in [0.2, 0.25) is 5.89 Å². The molecular formula is C13H19N3O2. The van der Waals surface area contributed by atoms with Crippen molar-refractivity contribution < 1.29 is 8.83 Å². The topological polar surface area (TPSA) is 64.1 Å². The summed E-state index contributed by atoms with van der Waals surface area (Å²) in [7, 11) is 0. The average Bonchev–Trinajstić information content (AvgIpc) is 3.02. The molecule has 0 fully saturated rings. The van der Waals surface area contributed by atoms with Crippen molar-refractivity contribution in [1.29, 1.82) is 0 Å². The Bertz CT molecular complexity index is 490. The first kappa shape index (κ1) is 12.8. The first-order valence-corrected chi connectivity index (χ1v) is 6.39. The SMILES string of the molecule is CCCNC(C)c1nnc(-c2ccoc2CC)o1. The Labute approximate surface area is 107 Å². The molecule has 0 spiro atoms. The molecule has 1 atom stereocenters. The van der Waals surface area contributed by atoms with Crippen LogP contribution in [0.15, 0.2) is 21.2 Å². The molecule has 0 saturated heterocycles. The van der Waals surface area contributed by atoms with E-state index in [4.69, 9.17) is 8.83 Å². The van der Waals surface area contributed by atoms with Crippen molar-refractivity contribution in [3.63, 3.8) is 0 Å². The van der Waals surface area contributed by atoms with E-state index in [-0.39, 0.29) is 6.04 Å². The molecule has 2 aromatic heterocycles.